The first kappa shape index (κ1) is 18.7. The van der Waals surface area contributed by atoms with Crippen LogP contribution in [0.25, 0.3) is 0 Å². The zero-order valence-electron chi connectivity index (χ0n) is 16.5. The maximum atomic E-state index is 6.53. The van der Waals surface area contributed by atoms with Gasteiger partial charge in [0.25, 0.3) is 0 Å². The Morgan fingerprint density at radius 1 is 1.23 bits per heavy atom. The maximum absolute atomic E-state index is 6.53. The van der Waals surface area contributed by atoms with E-state index in [9.17, 15) is 0 Å². The molecule has 0 heterocycles. The van der Waals surface area contributed by atoms with Gasteiger partial charge in [0.1, 0.15) is 0 Å². The first-order valence-electron chi connectivity index (χ1n) is 9.67. The number of allylic oxidation sites excluding steroid dienone is 11. The predicted molar refractivity (Wildman–Crippen MR) is 112 cm³/mol. The van der Waals surface area contributed by atoms with Crippen LogP contribution < -0.4 is 11.5 Å². The van der Waals surface area contributed by atoms with Gasteiger partial charge in [-0.1, -0.05) is 47.6 Å². The van der Waals surface area contributed by atoms with Crippen LogP contribution in [-0.4, -0.2) is 5.54 Å². The lowest BCUT2D eigenvalue weighted by Crippen LogP contribution is -2.33. The Morgan fingerprint density at radius 2 is 2.00 bits per heavy atom. The molecule has 26 heavy (non-hydrogen) atoms. The van der Waals surface area contributed by atoms with E-state index in [0.717, 1.165) is 12.8 Å². The van der Waals surface area contributed by atoms with Gasteiger partial charge in [0.15, 0.2) is 0 Å². The molecular weight excluding hydrogens is 316 g/mol. The van der Waals surface area contributed by atoms with Crippen LogP contribution in [0.5, 0.6) is 0 Å². The highest BCUT2D eigenvalue weighted by molar-refractivity contribution is 5.52. The van der Waals surface area contributed by atoms with E-state index in [1.165, 1.54) is 39.9 Å². The van der Waals surface area contributed by atoms with E-state index in [1.54, 1.807) is 6.20 Å². The highest BCUT2D eigenvalue weighted by atomic mass is 14.7. The standard InChI is InChI=1S/C24H32N2/c1-5-6-16(2)9-18-11-21-13-20(22(18)7-8-25)12-19-10-17(3)14-24(4,26)15-23(19)21/h5-10,14-15,20-21H,11-13,25-26H2,1-4H3/b6-5-,8-7+,16-9-. The van der Waals surface area contributed by atoms with Crippen molar-refractivity contribution in [1.82, 2.24) is 0 Å². The van der Waals surface area contributed by atoms with Crippen LogP contribution in [0.3, 0.4) is 0 Å². The SMILES string of the molecule is C/C=C\C(C)=C/C1=C(/C=C/N)C2CC3=CC(C)=CC(C)(N)C=C3C(C1)C2. The van der Waals surface area contributed by atoms with Crippen LogP contribution in [0.2, 0.25) is 0 Å². The fraction of sp³-hybridized carbons (Fsp3) is 0.417. The van der Waals surface area contributed by atoms with Gasteiger partial charge >= 0.3 is 0 Å². The van der Waals surface area contributed by atoms with Gasteiger partial charge in [-0.05, 0) is 93.4 Å². The molecule has 1 saturated carbocycles. The van der Waals surface area contributed by atoms with Crippen molar-refractivity contribution < 1.29 is 0 Å². The third kappa shape index (κ3) is 3.86. The van der Waals surface area contributed by atoms with Crippen molar-refractivity contribution in [2.24, 2.45) is 23.3 Å². The molecule has 0 aromatic rings. The smallest absolute Gasteiger partial charge is 0.0507 e. The highest BCUT2D eigenvalue weighted by Crippen LogP contribution is 2.50. The summed E-state index contributed by atoms with van der Waals surface area (Å²) in [7, 11) is 0. The number of fused-ring (bicyclic) bond motifs is 4. The number of hydrogen-bond acceptors (Lipinski definition) is 2. The molecule has 2 heteroatoms. The molecule has 0 amide bonds. The van der Waals surface area contributed by atoms with E-state index >= 15 is 0 Å². The van der Waals surface area contributed by atoms with Crippen LogP contribution in [0, 0.1) is 11.8 Å². The van der Waals surface area contributed by atoms with Crippen molar-refractivity contribution in [3.63, 3.8) is 0 Å². The summed E-state index contributed by atoms with van der Waals surface area (Å²) in [5.41, 5.74) is 20.3. The molecule has 4 N–H and O–H groups in total. The summed E-state index contributed by atoms with van der Waals surface area (Å²) in [5, 5.41) is 0. The van der Waals surface area contributed by atoms with Crippen molar-refractivity contribution in [3.8, 4) is 0 Å². The van der Waals surface area contributed by atoms with Gasteiger partial charge in [-0.2, -0.15) is 0 Å². The number of hydrogen-bond donors (Lipinski definition) is 2. The lowest BCUT2D eigenvalue weighted by atomic mass is 9.64. The van der Waals surface area contributed by atoms with Crippen LogP contribution >= 0.6 is 0 Å². The lowest BCUT2D eigenvalue weighted by Gasteiger charge is -2.40. The maximum Gasteiger partial charge on any atom is 0.0507 e. The highest BCUT2D eigenvalue weighted by Gasteiger charge is 2.37. The molecule has 0 saturated heterocycles. The minimum Gasteiger partial charge on any atom is -0.405 e. The number of nitrogens with two attached hydrogens (primary N) is 2. The zero-order chi connectivity index (χ0) is 18.9. The average molecular weight is 349 g/mol. The zero-order valence-corrected chi connectivity index (χ0v) is 16.5. The van der Waals surface area contributed by atoms with Gasteiger partial charge in [0.05, 0.1) is 5.54 Å². The summed E-state index contributed by atoms with van der Waals surface area (Å²) in [6.45, 7) is 8.49. The third-order valence-corrected chi connectivity index (χ3v) is 5.64. The lowest BCUT2D eigenvalue weighted by molar-refractivity contribution is 0.386. The molecule has 2 bridgehead atoms. The average Bonchev–Trinajstić information content (AvgIpc) is 2.65. The molecule has 2 nitrogen and oxygen atoms in total. The minimum atomic E-state index is -0.372. The largest absolute Gasteiger partial charge is 0.405 e. The summed E-state index contributed by atoms with van der Waals surface area (Å²) in [6.07, 6.45) is 20.6. The van der Waals surface area contributed by atoms with Gasteiger partial charge < -0.3 is 11.5 Å². The quantitative estimate of drug-likeness (QED) is 0.685. The van der Waals surface area contributed by atoms with Crippen molar-refractivity contribution in [2.45, 2.75) is 52.5 Å². The Hall–Kier alpha value is -2.06. The minimum absolute atomic E-state index is 0.372. The van der Waals surface area contributed by atoms with E-state index in [-0.39, 0.29) is 5.54 Å². The molecule has 0 aromatic heterocycles. The molecule has 3 atom stereocenters. The van der Waals surface area contributed by atoms with E-state index in [4.69, 9.17) is 11.5 Å². The normalized spacial score (nSPS) is 32.3. The Labute approximate surface area is 158 Å². The van der Waals surface area contributed by atoms with Crippen LogP contribution in [0.15, 0.2) is 82.2 Å². The van der Waals surface area contributed by atoms with Gasteiger partial charge in [0, 0.05) is 0 Å². The second-order valence-corrected chi connectivity index (χ2v) is 8.29. The third-order valence-electron chi connectivity index (χ3n) is 5.64. The van der Waals surface area contributed by atoms with Crippen molar-refractivity contribution in [3.05, 3.63) is 82.2 Å². The molecule has 1 fully saturated rings. The van der Waals surface area contributed by atoms with Crippen LogP contribution in [0.1, 0.15) is 47.0 Å². The molecule has 0 aliphatic heterocycles. The first-order chi connectivity index (χ1) is 12.3. The fourth-order valence-corrected chi connectivity index (χ4v) is 4.89. The Balaban J connectivity index is 2.08. The summed E-state index contributed by atoms with van der Waals surface area (Å²) in [4.78, 5) is 0. The van der Waals surface area contributed by atoms with Crippen molar-refractivity contribution >= 4 is 0 Å². The molecule has 3 rings (SSSR count). The summed E-state index contributed by atoms with van der Waals surface area (Å²) < 4.78 is 0. The van der Waals surface area contributed by atoms with Gasteiger partial charge in [-0.15, -0.1) is 0 Å². The van der Waals surface area contributed by atoms with E-state index in [2.05, 4.69) is 70.2 Å². The molecule has 138 valence electrons. The van der Waals surface area contributed by atoms with Gasteiger partial charge in [-0.3, -0.25) is 0 Å². The van der Waals surface area contributed by atoms with Gasteiger partial charge in [-0.25, -0.2) is 0 Å². The number of rotatable bonds is 3. The Bertz CT molecular complexity index is 794. The topological polar surface area (TPSA) is 52.0 Å². The summed E-state index contributed by atoms with van der Waals surface area (Å²) in [5.74, 6) is 1.08. The van der Waals surface area contributed by atoms with E-state index in [1.807, 2.05) is 0 Å². The summed E-state index contributed by atoms with van der Waals surface area (Å²) in [6, 6.07) is 0. The second kappa shape index (κ2) is 7.28. The molecular formula is C24H32N2. The van der Waals surface area contributed by atoms with Crippen LogP contribution in [0.4, 0.5) is 0 Å². The molecule has 0 aromatic carbocycles. The van der Waals surface area contributed by atoms with Gasteiger partial charge in [0.2, 0.25) is 0 Å². The first-order valence-corrected chi connectivity index (χ1v) is 9.67. The van der Waals surface area contributed by atoms with E-state index < -0.39 is 0 Å². The Kier molecular flexibility index (Phi) is 5.24. The second-order valence-electron chi connectivity index (χ2n) is 8.29. The molecule has 0 radical (unpaired) electrons. The molecule has 3 aliphatic carbocycles. The molecule has 3 unspecified atom stereocenters. The fourth-order valence-electron chi connectivity index (χ4n) is 4.89. The molecule has 0 spiro atoms. The van der Waals surface area contributed by atoms with Crippen LogP contribution in [-0.2, 0) is 0 Å². The monoisotopic (exact) mass is 348 g/mol. The van der Waals surface area contributed by atoms with Crippen molar-refractivity contribution in [1.29, 1.82) is 0 Å². The molecule has 3 aliphatic rings. The predicted octanol–water partition coefficient (Wildman–Crippen LogP) is 5.24. The van der Waals surface area contributed by atoms with E-state index in [0.29, 0.717) is 11.8 Å². The Morgan fingerprint density at radius 3 is 2.69 bits per heavy atom. The summed E-state index contributed by atoms with van der Waals surface area (Å²) >= 11 is 0. The van der Waals surface area contributed by atoms with Crippen molar-refractivity contribution in [2.75, 3.05) is 0 Å².